The average Bonchev–Trinajstić information content (AvgIpc) is 2.34. The Morgan fingerprint density at radius 1 is 1.00 bits per heavy atom. The molecule has 2 nitrogen and oxygen atoms in total. The van der Waals surface area contributed by atoms with Crippen molar-refractivity contribution in [2.75, 3.05) is 7.11 Å². The molecule has 0 fully saturated rings. The molecule has 88 valence electrons. The van der Waals surface area contributed by atoms with Crippen LogP contribution >= 0.6 is 34.8 Å². The van der Waals surface area contributed by atoms with Crippen LogP contribution in [0.15, 0.2) is 30.6 Å². The quantitative estimate of drug-likeness (QED) is 0.746. The molecule has 5 heteroatoms. The minimum absolute atomic E-state index is 0.424. The Morgan fingerprint density at radius 3 is 2.41 bits per heavy atom. The van der Waals surface area contributed by atoms with Crippen molar-refractivity contribution < 1.29 is 4.74 Å². The number of hydrogen-bond acceptors (Lipinski definition) is 2. The fraction of sp³-hybridized carbons (Fsp3) is 0.0833. The van der Waals surface area contributed by atoms with Gasteiger partial charge < -0.3 is 4.74 Å². The molecule has 0 aliphatic carbocycles. The van der Waals surface area contributed by atoms with Gasteiger partial charge in [0.25, 0.3) is 0 Å². The third-order valence-corrected chi connectivity index (χ3v) is 3.34. The lowest BCUT2D eigenvalue weighted by atomic mass is 10.1. The summed E-state index contributed by atoms with van der Waals surface area (Å²) >= 11 is 18.0. The molecule has 0 saturated heterocycles. The number of nitrogens with zero attached hydrogens (tertiary/aromatic N) is 1. The standard InChI is InChI=1S/C12H8Cl3NO/c1-17-12-6-16-3-2-7(12)8-4-10(14)11(15)5-9(8)13/h2-6H,1H3. The van der Waals surface area contributed by atoms with Gasteiger partial charge in [0.2, 0.25) is 0 Å². The highest BCUT2D eigenvalue weighted by molar-refractivity contribution is 6.44. The van der Waals surface area contributed by atoms with E-state index in [0.29, 0.717) is 20.8 Å². The molecule has 1 aromatic heterocycles. The zero-order valence-electron chi connectivity index (χ0n) is 8.88. The Hall–Kier alpha value is -0.960. The van der Waals surface area contributed by atoms with Gasteiger partial charge in [-0.1, -0.05) is 34.8 Å². The Morgan fingerprint density at radius 2 is 1.71 bits per heavy atom. The van der Waals surface area contributed by atoms with E-state index in [0.717, 1.165) is 11.1 Å². The molecule has 0 atom stereocenters. The number of ether oxygens (including phenoxy) is 1. The Labute approximate surface area is 114 Å². The fourth-order valence-electron chi connectivity index (χ4n) is 1.49. The fourth-order valence-corrected chi connectivity index (χ4v) is 2.14. The largest absolute Gasteiger partial charge is 0.494 e. The van der Waals surface area contributed by atoms with E-state index in [4.69, 9.17) is 39.5 Å². The lowest BCUT2D eigenvalue weighted by Crippen LogP contribution is -1.89. The maximum absolute atomic E-state index is 6.15. The molecule has 0 aliphatic heterocycles. The molecule has 0 bridgehead atoms. The number of rotatable bonds is 2. The van der Waals surface area contributed by atoms with Gasteiger partial charge >= 0.3 is 0 Å². The first-order valence-electron chi connectivity index (χ1n) is 4.76. The van der Waals surface area contributed by atoms with Gasteiger partial charge in [0.1, 0.15) is 5.75 Å². The summed E-state index contributed by atoms with van der Waals surface area (Å²) < 4.78 is 5.23. The first-order chi connectivity index (χ1) is 8.13. The summed E-state index contributed by atoms with van der Waals surface area (Å²) in [5.74, 6) is 0.632. The monoisotopic (exact) mass is 287 g/mol. The first kappa shape index (κ1) is 12.5. The summed E-state index contributed by atoms with van der Waals surface area (Å²) in [6, 6.07) is 5.13. The van der Waals surface area contributed by atoms with E-state index >= 15 is 0 Å². The van der Waals surface area contributed by atoms with E-state index in [9.17, 15) is 0 Å². The number of methoxy groups -OCH3 is 1. The topological polar surface area (TPSA) is 22.1 Å². The molecule has 2 rings (SSSR count). The molecule has 17 heavy (non-hydrogen) atoms. The van der Waals surface area contributed by atoms with Crippen molar-refractivity contribution in [2.24, 2.45) is 0 Å². The van der Waals surface area contributed by atoms with Crippen LogP contribution in [0.3, 0.4) is 0 Å². The van der Waals surface area contributed by atoms with Gasteiger partial charge in [0.15, 0.2) is 0 Å². The van der Waals surface area contributed by atoms with Crippen molar-refractivity contribution in [3.05, 3.63) is 45.7 Å². The molecular formula is C12H8Cl3NO. The molecule has 0 amide bonds. The Bertz CT molecular complexity index is 557. The molecule has 1 heterocycles. The van der Waals surface area contributed by atoms with Crippen LogP contribution in [0.2, 0.25) is 15.1 Å². The molecule has 0 saturated carbocycles. The molecule has 0 aliphatic rings. The average molecular weight is 289 g/mol. The first-order valence-corrected chi connectivity index (χ1v) is 5.89. The van der Waals surface area contributed by atoms with Crippen LogP contribution in [0.5, 0.6) is 5.75 Å². The third kappa shape index (κ3) is 2.49. The molecule has 0 spiro atoms. The van der Waals surface area contributed by atoms with Gasteiger partial charge in [-0.25, -0.2) is 0 Å². The highest BCUT2D eigenvalue weighted by Crippen LogP contribution is 2.38. The smallest absolute Gasteiger partial charge is 0.145 e. The van der Waals surface area contributed by atoms with Gasteiger partial charge in [-0.3, -0.25) is 4.98 Å². The van der Waals surface area contributed by atoms with Crippen molar-refractivity contribution in [3.63, 3.8) is 0 Å². The summed E-state index contributed by atoms with van der Waals surface area (Å²) in [4.78, 5) is 3.98. The highest BCUT2D eigenvalue weighted by atomic mass is 35.5. The predicted molar refractivity (Wildman–Crippen MR) is 71.3 cm³/mol. The van der Waals surface area contributed by atoms with Crippen molar-refractivity contribution in [1.82, 2.24) is 4.98 Å². The zero-order valence-corrected chi connectivity index (χ0v) is 11.1. The van der Waals surface area contributed by atoms with Crippen molar-refractivity contribution >= 4 is 34.8 Å². The molecule has 0 unspecified atom stereocenters. The van der Waals surface area contributed by atoms with E-state index in [1.165, 1.54) is 0 Å². The van der Waals surface area contributed by atoms with Crippen LogP contribution in [0.25, 0.3) is 11.1 Å². The van der Waals surface area contributed by atoms with Crippen molar-refractivity contribution in [1.29, 1.82) is 0 Å². The third-order valence-electron chi connectivity index (χ3n) is 2.30. The van der Waals surface area contributed by atoms with Gasteiger partial charge in [-0.15, -0.1) is 0 Å². The normalized spacial score (nSPS) is 10.4. The maximum Gasteiger partial charge on any atom is 0.145 e. The van der Waals surface area contributed by atoms with E-state index < -0.39 is 0 Å². The minimum Gasteiger partial charge on any atom is -0.494 e. The van der Waals surface area contributed by atoms with Crippen LogP contribution < -0.4 is 4.74 Å². The van der Waals surface area contributed by atoms with Gasteiger partial charge in [-0.05, 0) is 18.2 Å². The van der Waals surface area contributed by atoms with Crippen LogP contribution in [0.1, 0.15) is 0 Å². The van der Waals surface area contributed by atoms with Gasteiger partial charge in [0, 0.05) is 17.3 Å². The molecular weight excluding hydrogens is 280 g/mol. The minimum atomic E-state index is 0.424. The molecule has 0 radical (unpaired) electrons. The lowest BCUT2D eigenvalue weighted by molar-refractivity contribution is 0.414. The molecule has 0 N–H and O–H groups in total. The molecule has 1 aromatic carbocycles. The number of benzene rings is 1. The second-order valence-corrected chi connectivity index (χ2v) is 4.54. The summed E-state index contributed by atoms with van der Waals surface area (Å²) in [5.41, 5.74) is 1.59. The second-order valence-electron chi connectivity index (χ2n) is 3.32. The number of aromatic nitrogens is 1. The number of pyridine rings is 1. The van der Waals surface area contributed by atoms with E-state index in [1.54, 1.807) is 31.6 Å². The van der Waals surface area contributed by atoms with Crippen LogP contribution in [0.4, 0.5) is 0 Å². The summed E-state index contributed by atoms with van der Waals surface area (Å²) in [6.45, 7) is 0. The summed E-state index contributed by atoms with van der Waals surface area (Å²) in [6.07, 6.45) is 3.28. The van der Waals surface area contributed by atoms with Crippen molar-refractivity contribution in [2.45, 2.75) is 0 Å². The second kappa shape index (κ2) is 5.13. The maximum atomic E-state index is 6.15. The van der Waals surface area contributed by atoms with Crippen LogP contribution in [-0.2, 0) is 0 Å². The van der Waals surface area contributed by atoms with Crippen LogP contribution in [-0.4, -0.2) is 12.1 Å². The molecule has 2 aromatic rings. The Kier molecular flexibility index (Phi) is 3.77. The summed E-state index contributed by atoms with van der Waals surface area (Å²) in [5, 5.41) is 1.39. The SMILES string of the molecule is COc1cnccc1-c1cc(Cl)c(Cl)cc1Cl. The zero-order chi connectivity index (χ0) is 12.4. The van der Waals surface area contributed by atoms with E-state index in [1.807, 2.05) is 6.07 Å². The predicted octanol–water partition coefficient (Wildman–Crippen LogP) is 4.72. The van der Waals surface area contributed by atoms with Crippen molar-refractivity contribution in [3.8, 4) is 16.9 Å². The van der Waals surface area contributed by atoms with Gasteiger partial charge in [0.05, 0.1) is 28.4 Å². The van der Waals surface area contributed by atoms with E-state index in [2.05, 4.69) is 4.98 Å². The highest BCUT2D eigenvalue weighted by Gasteiger charge is 2.12. The lowest BCUT2D eigenvalue weighted by Gasteiger charge is -2.10. The van der Waals surface area contributed by atoms with Gasteiger partial charge in [-0.2, -0.15) is 0 Å². The Balaban J connectivity index is 2.64. The number of hydrogen-bond donors (Lipinski definition) is 0. The van der Waals surface area contributed by atoms with Crippen LogP contribution in [0, 0.1) is 0 Å². The number of halogens is 3. The summed E-state index contributed by atoms with van der Waals surface area (Å²) in [7, 11) is 1.58. The van der Waals surface area contributed by atoms with E-state index in [-0.39, 0.29) is 0 Å².